The summed E-state index contributed by atoms with van der Waals surface area (Å²) in [6.45, 7) is 2.12. The van der Waals surface area contributed by atoms with Gasteiger partial charge in [-0.1, -0.05) is 41.4 Å². The van der Waals surface area contributed by atoms with Crippen LogP contribution >= 0.6 is 11.6 Å². The van der Waals surface area contributed by atoms with Gasteiger partial charge in [-0.3, -0.25) is 0 Å². The van der Waals surface area contributed by atoms with E-state index < -0.39 is 0 Å². The highest BCUT2D eigenvalue weighted by atomic mass is 35.5. The summed E-state index contributed by atoms with van der Waals surface area (Å²) in [6, 6.07) is 13.9. The zero-order valence-corrected chi connectivity index (χ0v) is 12.1. The minimum absolute atomic E-state index is 0.171. The maximum absolute atomic E-state index is 13.1. The van der Waals surface area contributed by atoms with Gasteiger partial charge >= 0.3 is 0 Å². The monoisotopic (exact) mass is 289 g/mol. The van der Waals surface area contributed by atoms with Crippen LogP contribution in [0.2, 0.25) is 5.02 Å². The lowest BCUT2D eigenvalue weighted by molar-refractivity contribution is 0.374. The number of halogens is 2. The maximum Gasteiger partial charge on any atom is 0.141 e. The molecule has 0 atom stereocenters. The molecule has 20 heavy (non-hydrogen) atoms. The van der Waals surface area contributed by atoms with Crippen LogP contribution < -0.4 is 5.32 Å². The van der Waals surface area contributed by atoms with Gasteiger partial charge in [0.15, 0.2) is 0 Å². The molecule has 104 valence electrons. The number of nitrogens with one attached hydrogen (secondary N) is 1. The number of aryl methyl sites for hydroxylation is 1. The molecule has 0 radical (unpaired) electrons. The van der Waals surface area contributed by atoms with Gasteiger partial charge in [-0.2, -0.15) is 0 Å². The zero-order valence-electron chi connectivity index (χ0n) is 11.4. The molecular formula is C17H17ClFN. The van der Waals surface area contributed by atoms with E-state index in [4.69, 9.17) is 11.6 Å². The van der Waals surface area contributed by atoms with Crippen LogP contribution in [0, 0.1) is 12.7 Å². The predicted molar refractivity (Wildman–Crippen MR) is 82.0 cm³/mol. The van der Waals surface area contributed by atoms with Crippen molar-refractivity contribution < 1.29 is 4.39 Å². The van der Waals surface area contributed by atoms with Crippen LogP contribution in [0.5, 0.6) is 0 Å². The van der Waals surface area contributed by atoms with Crippen molar-refractivity contribution >= 4 is 17.3 Å². The highest BCUT2D eigenvalue weighted by molar-refractivity contribution is 6.31. The van der Waals surface area contributed by atoms with Crippen molar-refractivity contribution in [2.75, 3.05) is 5.32 Å². The van der Waals surface area contributed by atoms with Gasteiger partial charge in [-0.15, -0.1) is 0 Å². The second-order valence-corrected chi connectivity index (χ2v) is 5.96. The van der Waals surface area contributed by atoms with Crippen LogP contribution in [0.4, 0.5) is 10.1 Å². The van der Waals surface area contributed by atoms with E-state index in [1.165, 1.54) is 17.2 Å². The summed E-state index contributed by atoms with van der Waals surface area (Å²) in [4.78, 5) is 0. The topological polar surface area (TPSA) is 12.0 Å². The Hall–Kier alpha value is -1.54. The first-order chi connectivity index (χ1) is 9.61. The molecule has 0 heterocycles. The summed E-state index contributed by atoms with van der Waals surface area (Å²) in [5, 5.41) is 3.58. The standard InChI is InChI=1S/C17H17ClFN/c1-11-3-2-4-12(7-11)13-8-15(9-13)20-14-5-6-17(19)16(18)10-14/h2-7,10,13,15,20H,8-9H2,1H3. The molecule has 3 heteroatoms. The van der Waals surface area contributed by atoms with Crippen molar-refractivity contribution in [3.8, 4) is 0 Å². The number of hydrogen-bond donors (Lipinski definition) is 1. The summed E-state index contributed by atoms with van der Waals surface area (Å²) < 4.78 is 13.1. The minimum atomic E-state index is -0.372. The van der Waals surface area contributed by atoms with E-state index in [1.54, 1.807) is 12.1 Å². The summed E-state index contributed by atoms with van der Waals surface area (Å²) >= 11 is 5.79. The molecule has 0 saturated heterocycles. The first-order valence-corrected chi connectivity index (χ1v) is 7.28. The van der Waals surface area contributed by atoms with Gasteiger partial charge in [0.05, 0.1) is 5.02 Å². The Labute approximate surface area is 123 Å². The molecule has 2 aromatic rings. The van der Waals surface area contributed by atoms with Crippen molar-refractivity contribution in [2.45, 2.75) is 31.7 Å². The van der Waals surface area contributed by atoms with E-state index in [2.05, 4.69) is 36.5 Å². The maximum atomic E-state index is 13.1. The van der Waals surface area contributed by atoms with Crippen molar-refractivity contribution in [2.24, 2.45) is 0 Å². The fraction of sp³-hybridized carbons (Fsp3) is 0.294. The van der Waals surface area contributed by atoms with Crippen LogP contribution in [-0.2, 0) is 0 Å². The summed E-state index contributed by atoms with van der Waals surface area (Å²) in [5.74, 6) is 0.256. The molecule has 1 saturated carbocycles. The average molecular weight is 290 g/mol. The Bertz CT molecular complexity index is 620. The molecular weight excluding hydrogens is 273 g/mol. The Balaban J connectivity index is 1.59. The van der Waals surface area contributed by atoms with Crippen LogP contribution in [0.3, 0.4) is 0 Å². The van der Waals surface area contributed by atoms with E-state index in [0.29, 0.717) is 12.0 Å². The largest absolute Gasteiger partial charge is 0.382 e. The minimum Gasteiger partial charge on any atom is -0.382 e. The third-order valence-corrected chi connectivity index (χ3v) is 4.23. The van der Waals surface area contributed by atoms with E-state index in [1.807, 2.05) is 0 Å². The second kappa shape index (κ2) is 5.45. The van der Waals surface area contributed by atoms with E-state index in [9.17, 15) is 4.39 Å². The first-order valence-electron chi connectivity index (χ1n) is 6.90. The molecule has 0 unspecified atom stereocenters. The Kier molecular flexibility index (Phi) is 3.66. The SMILES string of the molecule is Cc1cccc(C2CC(Nc3ccc(F)c(Cl)c3)C2)c1. The molecule has 0 bridgehead atoms. The normalized spacial score (nSPS) is 21.4. The molecule has 0 amide bonds. The Morgan fingerprint density at radius 2 is 1.95 bits per heavy atom. The van der Waals surface area contributed by atoms with Gasteiger partial charge in [0.1, 0.15) is 5.82 Å². The first kappa shape index (κ1) is 13.4. The third-order valence-electron chi connectivity index (χ3n) is 3.94. The molecule has 3 rings (SSSR count). The van der Waals surface area contributed by atoms with Gasteiger partial charge in [0, 0.05) is 11.7 Å². The zero-order chi connectivity index (χ0) is 14.1. The summed E-state index contributed by atoms with van der Waals surface area (Å²) in [5.41, 5.74) is 3.62. The molecule has 1 aliphatic carbocycles. The molecule has 0 aromatic heterocycles. The van der Waals surface area contributed by atoms with Gasteiger partial charge in [-0.25, -0.2) is 4.39 Å². The molecule has 1 fully saturated rings. The summed E-state index contributed by atoms with van der Waals surface area (Å²) in [7, 11) is 0. The van der Waals surface area contributed by atoms with E-state index in [0.717, 1.165) is 18.5 Å². The number of benzene rings is 2. The lowest BCUT2D eigenvalue weighted by Crippen LogP contribution is -2.34. The van der Waals surface area contributed by atoms with Gasteiger partial charge in [0.2, 0.25) is 0 Å². The molecule has 0 spiro atoms. The van der Waals surface area contributed by atoms with Crippen LogP contribution in [0.1, 0.15) is 29.9 Å². The Morgan fingerprint density at radius 3 is 2.65 bits per heavy atom. The van der Waals surface area contributed by atoms with E-state index >= 15 is 0 Å². The number of hydrogen-bond acceptors (Lipinski definition) is 1. The summed E-state index contributed by atoms with van der Waals surface area (Å²) in [6.07, 6.45) is 2.22. The van der Waals surface area contributed by atoms with Gasteiger partial charge in [-0.05, 0) is 49.4 Å². The lowest BCUT2D eigenvalue weighted by atomic mass is 9.75. The smallest absolute Gasteiger partial charge is 0.141 e. The van der Waals surface area contributed by atoms with Gasteiger partial charge < -0.3 is 5.32 Å². The van der Waals surface area contributed by atoms with Crippen LogP contribution in [-0.4, -0.2) is 6.04 Å². The average Bonchev–Trinajstić information content (AvgIpc) is 2.37. The fourth-order valence-electron chi connectivity index (χ4n) is 2.75. The number of anilines is 1. The fourth-order valence-corrected chi connectivity index (χ4v) is 2.93. The molecule has 1 nitrogen and oxygen atoms in total. The van der Waals surface area contributed by atoms with Crippen molar-refractivity contribution in [1.29, 1.82) is 0 Å². The number of rotatable bonds is 3. The molecule has 1 N–H and O–H groups in total. The van der Waals surface area contributed by atoms with Crippen LogP contribution in [0.25, 0.3) is 0 Å². The second-order valence-electron chi connectivity index (χ2n) is 5.55. The lowest BCUT2D eigenvalue weighted by Gasteiger charge is -2.37. The quantitative estimate of drug-likeness (QED) is 0.824. The predicted octanol–water partition coefficient (Wildman–Crippen LogP) is 5.15. The van der Waals surface area contributed by atoms with Crippen LogP contribution in [0.15, 0.2) is 42.5 Å². The molecule has 0 aliphatic heterocycles. The van der Waals surface area contributed by atoms with E-state index in [-0.39, 0.29) is 10.8 Å². The van der Waals surface area contributed by atoms with Gasteiger partial charge in [0.25, 0.3) is 0 Å². The van der Waals surface area contributed by atoms with Crippen molar-refractivity contribution in [1.82, 2.24) is 0 Å². The van der Waals surface area contributed by atoms with Crippen molar-refractivity contribution in [3.05, 3.63) is 64.4 Å². The third kappa shape index (κ3) is 2.80. The molecule has 2 aromatic carbocycles. The van der Waals surface area contributed by atoms with Crippen molar-refractivity contribution in [3.63, 3.8) is 0 Å². The Morgan fingerprint density at radius 1 is 1.15 bits per heavy atom. The highest BCUT2D eigenvalue weighted by Gasteiger charge is 2.30. The molecule has 1 aliphatic rings. The highest BCUT2D eigenvalue weighted by Crippen LogP contribution is 2.38.